The topological polar surface area (TPSA) is 65.8 Å². The summed E-state index contributed by atoms with van der Waals surface area (Å²) in [6, 6.07) is 9.56. The number of hydrogen-bond acceptors (Lipinski definition) is 3. The molecule has 8 heteroatoms. The molecule has 28 heavy (non-hydrogen) atoms. The average Bonchev–Trinajstić information content (AvgIpc) is 3.19. The molecule has 1 aromatic carbocycles. The van der Waals surface area contributed by atoms with Crippen molar-refractivity contribution in [2.45, 2.75) is 20.0 Å². The molecule has 1 fully saturated rings. The highest BCUT2D eigenvalue weighted by Gasteiger charge is 2.26. The standard InChI is InChI=1S/C20H27ClN6O/c1-16(13-27-9-3-8-24-27)12-23-20(22-2)26-11-10-25(19(28)15-26)14-17-4-6-18(21)7-5-17/h3-9,16H,10-15H2,1-2H3,(H,22,23). The Morgan fingerprint density at radius 3 is 2.75 bits per heavy atom. The minimum atomic E-state index is 0.105. The van der Waals surface area contributed by atoms with E-state index >= 15 is 0 Å². The molecule has 2 aromatic rings. The van der Waals surface area contributed by atoms with Gasteiger partial charge in [-0.05, 0) is 29.7 Å². The van der Waals surface area contributed by atoms with E-state index in [1.807, 2.05) is 51.0 Å². The Hall–Kier alpha value is -2.54. The van der Waals surface area contributed by atoms with Crippen LogP contribution in [0.4, 0.5) is 0 Å². The maximum Gasteiger partial charge on any atom is 0.242 e. The molecule has 0 radical (unpaired) electrons. The van der Waals surface area contributed by atoms with Crippen LogP contribution >= 0.6 is 11.6 Å². The Kier molecular flexibility index (Phi) is 6.92. The van der Waals surface area contributed by atoms with E-state index in [4.69, 9.17) is 11.6 Å². The fraction of sp³-hybridized carbons (Fsp3) is 0.450. The second-order valence-corrected chi connectivity index (χ2v) is 7.56. The van der Waals surface area contributed by atoms with Gasteiger partial charge in [0.05, 0.1) is 6.54 Å². The predicted octanol–water partition coefficient (Wildman–Crippen LogP) is 2.09. The summed E-state index contributed by atoms with van der Waals surface area (Å²) < 4.78 is 1.92. The third-order valence-electron chi connectivity index (χ3n) is 4.78. The van der Waals surface area contributed by atoms with Gasteiger partial charge < -0.3 is 15.1 Å². The van der Waals surface area contributed by atoms with E-state index in [0.717, 1.165) is 31.2 Å². The molecule has 150 valence electrons. The van der Waals surface area contributed by atoms with Gasteiger partial charge in [0, 0.05) is 57.2 Å². The molecule has 0 spiro atoms. The summed E-state index contributed by atoms with van der Waals surface area (Å²) >= 11 is 5.93. The summed E-state index contributed by atoms with van der Waals surface area (Å²) in [5.41, 5.74) is 1.08. The largest absolute Gasteiger partial charge is 0.356 e. The van der Waals surface area contributed by atoms with Gasteiger partial charge in [0.1, 0.15) is 0 Å². The summed E-state index contributed by atoms with van der Waals surface area (Å²) in [5.74, 6) is 1.26. The van der Waals surface area contributed by atoms with Crippen molar-refractivity contribution in [1.82, 2.24) is 24.9 Å². The second kappa shape index (κ2) is 9.59. The normalized spacial score (nSPS) is 16.4. The molecule has 1 aliphatic heterocycles. The third kappa shape index (κ3) is 5.48. The number of carbonyl (C=O) groups is 1. The lowest BCUT2D eigenvalue weighted by atomic mass is 10.2. The molecular weight excluding hydrogens is 376 g/mol. The van der Waals surface area contributed by atoms with Crippen molar-refractivity contribution in [3.8, 4) is 0 Å². The molecule has 0 saturated carbocycles. The lowest BCUT2D eigenvalue weighted by Gasteiger charge is -2.36. The number of hydrogen-bond donors (Lipinski definition) is 1. The number of nitrogens with zero attached hydrogens (tertiary/aromatic N) is 5. The van der Waals surface area contributed by atoms with Crippen LogP contribution in [0.2, 0.25) is 5.02 Å². The Balaban J connectivity index is 1.48. The molecule has 2 heterocycles. The smallest absolute Gasteiger partial charge is 0.242 e. The Morgan fingerprint density at radius 1 is 1.32 bits per heavy atom. The molecule has 1 aliphatic rings. The maximum atomic E-state index is 12.6. The molecule has 1 aromatic heterocycles. The van der Waals surface area contributed by atoms with Crippen LogP contribution in [0, 0.1) is 5.92 Å². The third-order valence-corrected chi connectivity index (χ3v) is 5.04. The lowest BCUT2D eigenvalue weighted by molar-refractivity contribution is -0.135. The highest BCUT2D eigenvalue weighted by Crippen LogP contribution is 2.13. The van der Waals surface area contributed by atoms with Crippen molar-refractivity contribution in [3.63, 3.8) is 0 Å². The van der Waals surface area contributed by atoms with Crippen molar-refractivity contribution < 1.29 is 4.79 Å². The fourth-order valence-electron chi connectivity index (χ4n) is 3.26. The van der Waals surface area contributed by atoms with Crippen LogP contribution in [0.15, 0.2) is 47.7 Å². The number of aliphatic imine (C=N–C) groups is 1. The Morgan fingerprint density at radius 2 is 2.11 bits per heavy atom. The number of aromatic nitrogens is 2. The van der Waals surface area contributed by atoms with Crippen LogP contribution in [0.5, 0.6) is 0 Å². The van der Waals surface area contributed by atoms with E-state index < -0.39 is 0 Å². The van der Waals surface area contributed by atoms with Gasteiger partial charge in [0.15, 0.2) is 5.96 Å². The van der Waals surface area contributed by atoms with Crippen LogP contribution in [0.3, 0.4) is 0 Å². The first-order chi connectivity index (χ1) is 13.5. The number of guanidine groups is 1. The predicted molar refractivity (Wildman–Crippen MR) is 111 cm³/mol. The molecule has 7 nitrogen and oxygen atoms in total. The lowest BCUT2D eigenvalue weighted by Crippen LogP contribution is -2.55. The van der Waals surface area contributed by atoms with Crippen LogP contribution in [0.25, 0.3) is 0 Å². The van der Waals surface area contributed by atoms with Crippen LogP contribution < -0.4 is 5.32 Å². The molecule has 1 N–H and O–H groups in total. The summed E-state index contributed by atoms with van der Waals surface area (Å²) in [6.45, 7) is 6.14. The second-order valence-electron chi connectivity index (χ2n) is 7.12. The molecule has 3 rings (SSSR count). The summed E-state index contributed by atoms with van der Waals surface area (Å²) in [5, 5.41) is 8.34. The number of amides is 1. The van der Waals surface area contributed by atoms with Gasteiger partial charge in [-0.2, -0.15) is 5.10 Å². The van der Waals surface area contributed by atoms with E-state index in [1.54, 1.807) is 13.2 Å². The number of halogens is 1. The van der Waals surface area contributed by atoms with Gasteiger partial charge in [-0.15, -0.1) is 0 Å². The van der Waals surface area contributed by atoms with Crippen molar-refractivity contribution in [3.05, 3.63) is 53.3 Å². The van der Waals surface area contributed by atoms with E-state index in [9.17, 15) is 4.79 Å². The number of carbonyl (C=O) groups excluding carboxylic acids is 1. The molecular formula is C20H27ClN6O. The summed E-state index contributed by atoms with van der Waals surface area (Å²) in [7, 11) is 1.76. The van der Waals surface area contributed by atoms with Gasteiger partial charge in [-0.3, -0.25) is 14.5 Å². The van der Waals surface area contributed by atoms with E-state index in [0.29, 0.717) is 30.6 Å². The SMILES string of the molecule is CN=C(NCC(C)Cn1cccn1)N1CCN(Cc2ccc(Cl)cc2)C(=O)C1. The van der Waals surface area contributed by atoms with E-state index in [2.05, 4.69) is 22.3 Å². The minimum absolute atomic E-state index is 0.105. The quantitative estimate of drug-likeness (QED) is 0.593. The zero-order valence-electron chi connectivity index (χ0n) is 16.4. The Labute approximate surface area is 171 Å². The van der Waals surface area contributed by atoms with E-state index in [1.165, 1.54) is 0 Å². The van der Waals surface area contributed by atoms with Crippen molar-refractivity contribution in [1.29, 1.82) is 0 Å². The number of benzene rings is 1. The monoisotopic (exact) mass is 402 g/mol. The van der Waals surface area contributed by atoms with Gasteiger partial charge in [0.25, 0.3) is 0 Å². The van der Waals surface area contributed by atoms with Crippen LogP contribution in [-0.2, 0) is 17.9 Å². The van der Waals surface area contributed by atoms with E-state index in [-0.39, 0.29) is 5.91 Å². The maximum absolute atomic E-state index is 12.6. The van der Waals surface area contributed by atoms with Crippen LogP contribution in [-0.4, -0.2) is 64.7 Å². The van der Waals surface area contributed by atoms with Crippen LogP contribution in [0.1, 0.15) is 12.5 Å². The number of nitrogens with one attached hydrogen (secondary N) is 1. The highest BCUT2D eigenvalue weighted by atomic mass is 35.5. The van der Waals surface area contributed by atoms with Crippen molar-refractivity contribution in [2.24, 2.45) is 10.9 Å². The molecule has 1 amide bonds. The van der Waals surface area contributed by atoms with Gasteiger partial charge in [-0.25, -0.2) is 0 Å². The zero-order chi connectivity index (χ0) is 19.9. The summed E-state index contributed by atoms with van der Waals surface area (Å²) in [6.07, 6.45) is 3.75. The fourth-order valence-corrected chi connectivity index (χ4v) is 3.38. The Bertz CT molecular complexity index is 790. The molecule has 0 bridgehead atoms. The molecule has 0 aliphatic carbocycles. The minimum Gasteiger partial charge on any atom is -0.356 e. The number of piperazine rings is 1. The summed E-state index contributed by atoms with van der Waals surface area (Å²) in [4.78, 5) is 20.9. The first kappa shape index (κ1) is 20.2. The molecule has 1 saturated heterocycles. The zero-order valence-corrected chi connectivity index (χ0v) is 17.1. The number of rotatable bonds is 6. The van der Waals surface area contributed by atoms with Gasteiger partial charge >= 0.3 is 0 Å². The van der Waals surface area contributed by atoms with Crippen molar-refractivity contribution >= 4 is 23.5 Å². The first-order valence-electron chi connectivity index (χ1n) is 9.50. The van der Waals surface area contributed by atoms with Crippen molar-refractivity contribution in [2.75, 3.05) is 33.2 Å². The van der Waals surface area contributed by atoms with Gasteiger partial charge in [0.2, 0.25) is 5.91 Å². The molecule has 1 unspecified atom stereocenters. The highest BCUT2D eigenvalue weighted by molar-refractivity contribution is 6.30. The average molecular weight is 403 g/mol. The first-order valence-corrected chi connectivity index (χ1v) is 9.88. The van der Waals surface area contributed by atoms with Gasteiger partial charge in [-0.1, -0.05) is 30.7 Å². The molecule has 1 atom stereocenters.